The number of nitrogens with zero attached hydrogens (tertiary/aromatic N) is 1. The van der Waals surface area contributed by atoms with Crippen molar-refractivity contribution < 1.29 is 4.79 Å². The molecule has 0 radical (unpaired) electrons. The summed E-state index contributed by atoms with van der Waals surface area (Å²) in [7, 11) is 1.83. The van der Waals surface area contributed by atoms with Crippen LogP contribution in [0.15, 0.2) is 0 Å². The second-order valence-electron chi connectivity index (χ2n) is 3.30. The summed E-state index contributed by atoms with van der Waals surface area (Å²) in [6, 6.07) is -0.0388. The van der Waals surface area contributed by atoms with Crippen LogP contribution in [0, 0.1) is 0 Å². The Bertz CT molecular complexity index is 167. The van der Waals surface area contributed by atoms with Crippen molar-refractivity contribution in [2.75, 3.05) is 31.6 Å². The van der Waals surface area contributed by atoms with Gasteiger partial charge in [0.25, 0.3) is 0 Å². The number of hydrogen-bond acceptors (Lipinski definition) is 3. The molecule has 0 saturated carbocycles. The maximum atomic E-state index is 11.7. The van der Waals surface area contributed by atoms with E-state index in [-0.39, 0.29) is 11.9 Å². The topological polar surface area (TPSA) is 32.3 Å². The maximum Gasteiger partial charge on any atom is 0.239 e. The minimum atomic E-state index is -0.0388. The summed E-state index contributed by atoms with van der Waals surface area (Å²) in [6.45, 7) is 3.76. The third-order valence-corrected chi connectivity index (χ3v) is 3.39. The molecular weight excluding hydrogens is 184 g/mol. The second kappa shape index (κ2) is 5.50. The van der Waals surface area contributed by atoms with Crippen LogP contribution in [0.2, 0.25) is 0 Å². The van der Waals surface area contributed by atoms with Crippen LogP contribution >= 0.6 is 11.8 Å². The van der Waals surface area contributed by atoms with E-state index in [1.807, 2.05) is 30.6 Å². The van der Waals surface area contributed by atoms with Crippen molar-refractivity contribution in [3.05, 3.63) is 0 Å². The molecule has 1 N–H and O–H groups in total. The Morgan fingerprint density at radius 1 is 1.46 bits per heavy atom. The fraction of sp³-hybridized carbons (Fsp3) is 0.889. The van der Waals surface area contributed by atoms with Crippen molar-refractivity contribution in [3.8, 4) is 0 Å². The molecule has 1 heterocycles. The lowest BCUT2D eigenvalue weighted by molar-refractivity contribution is -0.132. The Labute approximate surface area is 84.2 Å². The van der Waals surface area contributed by atoms with Crippen LogP contribution in [-0.2, 0) is 4.79 Å². The number of thioether (sulfide) groups is 1. The van der Waals surface area contributed by atoms with Crippen LogP contribution in [-0.4, -0.2) is 48.5 Å². The smallest absolute Gasteiger partial charge is 0.239 e. The van der Waals surface area contributed by atoms with Crippen molar-refractivity contribution in [1.29, 1.82) is 0 Å². The van der Waals surface area contributed by atoms with Crippen LogP contribution in [0.1, 0.15) is 13.3 Å². The van der Waals surface area contributed by atoms with Crippen LogP contribution in [0.3, 0.4) is 0 Å². The van der Waals surface area contributed by atoms with Gasteiger partial charge in [0.15, 0.2) is 0 Å². The van der Waals surface area contributed by atoms with Gasteiger partial charge in [-0.25, -0.2) is 0 Å². The number of likely N-dealkylation sites (N-methyl/N-ethyl adjacent to an activating group) is 1. The van der Waals surface area contributed by atoms with E-state index in [4.69, 9.17) is 0 Å². The van der Waals surface area contributed by atoms with Crippen LogP contribution in [0.5, 0.6) is 0 Å². The van der Waals surface area contributed by atoms with Crippen LogP contribution in [0.4, 0.5) is 0 Å². The van der Waals surface area contributed by atoms with Crippen molar-refractivity contribution in [2.45, 2.75) is 19.4 Å². The first-order valence-electron chi connectivity index (χ1n) is 4.79. The van der Waals surface area contributed by atoms with Gasteiger partial charge in [-0.3, -0.25) is 4.79 Å². The van der Waals surface area contributed by atoms with E-state index in [2.05, 4.69) is 5.32 Å². The molecule has 1 amide bonds. The highest BCUT2D eigenvalue weighted by Crippen LogP contribution is 2.10. The van der Waals surface area contributed by atoms with Gasteiger partial charge in [-0.1, -0.05) is 0 Å². The summed E-state index contributed by atoms with van der Waals surface area (Å²) in [6.07, 6.45) is 1.13. The number of nitrogens with one attached hydrogen (secondary N) is 1. The van der Waals surface area contributed by atoms with Gasteiger partial charge in [-0.15, -0.1) is 0 Å². The van der Waals surface area contributed by atoms with E-state index in [9.17, 15) is 4.79 Å². The number of carbonyl (C=O) groups excluding carboxylic acids is 1. The Hall–Kier alpha value is -0.220. The maximum absolute atomic E-state index is 11.7. The molecule has 1 aliphatic heterocycles. The molecule has 1 saturated heterocycles. The highest BCUT2D eigenvalue weighted by Gasteiger charge is 2.19. The molecule has 13 heavy (non-hydrogen) atoms. The summed E-state index contributed by atoms with van der Waals surface area (Å²) >= 11 is 1.94. The zero-order chi connectivity index (χ0) is 9.68. The molecule has 1 rings (SSSR count). The summed E-state index contributed by atoms with van der Waals surface area (Å²) in [5.41, 5.74) is 0. The molecular formula is C9H18N2OS. The van der Waals surface area contributed by atoms with Gasteiger partial charge in [0.05, 0.1) is 6.04 Å². The third-order valence-electron chi connectivity index (χ3n) is 2.34. The van der Waals surface area contributed by atoms with Gasteiger partial charge in [-0.2, -0.15) is 11.8 Å². The quantitative estimate of drug-likeness (QED) is 0.710. The number of amides is 1. The molecule has 4 heteroatoms. The van der Waals surface area contributed by atoms with Crippen molar-refractivity contribution in [3.63, 3.8) is 0 Å². The molecule has 0 aliphatic carbocycles. The van der Waals surface area contributed by atoms with Crippen molar-refractivity contribution in [1.82, 2.24) is 10.2 Å². The first-order chi connectivity index (χ1) is 6.25. The van der Waals surface area contributed by atoms with Gasteiger partial charge < -0.3 is 10.2 Å². The van der Waals surface area contributed by atoms with E-state index in [1.165, 1.54) is 5.75 Å². The molecule has 1 atom stereocenters. The first kappa shape index (κ1) is 10.9. The van der Waals surface area contributed by atoms with Gasteiger partial charge in [0.1, 0.15) is 0 Å². The zero-order valence-electron chi connectivity index (χ0n) is 8.38. The summed E-state index contributed by atoms with van der Waals surface area (Å²) < 4.78 is 0. The van der Waals surface area contributed by atoms with E-state index in [0.717, 1.165) is 25.3 Å². The highest BCUT2D eigenvalue weighted by molar-refractivity contribution is 7.99. The molecule has 3 nitrogen and oxygen atoms in total. The predicted molar refractivity (Wildman–Crippen MR) is 57.0 cm³/mol. The first-order valence-corrected chi connectivity index (χ1v) is 5.95. The molecule has 0 bridgehead atoms. The Kier molecular flexibility index (Phi) is 4.59. The summed E-state index contributed by atoms with van der Waals surface area (Å²) in [5.74, 6) is 2.52. The number of hydrogen-bond donors (Lipinski definition) is 1. The minimum absolute atomic E-state index is 0.0388. The molecule has 1 fully saturated rings. The molecule has 76 valence electrons. The predicted octanol–water partition coefficient (Wildman–Crippen LogP) is 0.560. The van der Waals surface area contributed by atoms with E-state index >= 15 is 0 Å². The fourth-order valence-corrected chi connectivity index (χ4v) is 2.25. The lowest BCUT2D eigenvalue weighted by Crippen LogP contribution is -2.44. The van der Waals surface area contributed by atoms with Crippen LogP contribution < -0.4 is 5.32 Å². The van der Waals surface area contributed by atoms with Gasteiger partial charge in [-0.05, 0) is 26.1 Å². The van der Waals surface area contributed by atoms with E-state index < -0.39 is 0 Å². The monoisotopic (exact) mass is 202 g/mol. The summed E-state index contributed by atoms with van der Waals surface area (Å²) in [4.78, 5) is 13.7. The Morgan fingerprint density at radius 3 is 2.92 bits per heavy atom. The van der Waals surface area contributed by atoms with Crippen molar-refractivity contribution in [2.24, 2.45) is 0 Å². The molecule has 1 unspecified atom stereocenters. The standard InChI is InChI=1S/C9H18N2OS/c1-8(10-2)9(12)11-4-3-6-13-7-5-11/h8,10H,3-7H2,1-2H3. The normalized spacial score (nSPS) is 20.9. The average molecular weight is 202 g/mol. The summed E-state index contributed by atoms with van der Waals surface area (Å²) in [5, 5.41) is 2.98. The van der Waals surface area contributed by atoms with Gasteiger partial charge >= 0.3 is 0 Å². The minimum Gasteiger partial charge on any atom is -0.340 e. The molecule has 0 aromatic carbocycles. The molecule has 0 aromatic rings. The Balaban J connectivity index is 2.43. The lowest BCUT2D eigenvalue weighted by Gasteiger charge is -2.23. The van der Waals surface area contributed by atoms with Gasteiger partial charge in [0.2, 0.25) is 5.91 Å². The lowest BCUT2D eigenvalue weighted by atomic mass is 10.2. The zero-order valence-corrected chi connectivity index (χ0v) is 9.19. The highest BCUT2D eigenvalue weighted by atomic mass is 32.2. The average Bonchev–Trinajstić information content (AvgIpc) is 2.43. The third kappa shape index (κ3) is 3.19. The fourth-order valence-electron chi connectivity index (χ4n) is 1.36. The van der Waals surface area contributed by atoms with Gasteiger partial charge in [0, 0.05) is 18.8 Å². The molecule has 0 spiro atoms. The SMILES string of the molecule is CNC(C)C(=O)N1CCCSCC1. The van der Waals surface area contributed by atoms with E-state index in [0.29, 0.717) is 0 Å². The largest absolute Gasteiger partial charge is 0.340 e. The second-order valence-corrected chi connectivity index (χ2v) is 4.53. The number of carbonyl (C=O) groups is 1. The Morgan fingerprint density at radius 2 is 2.23 bits per heavy atom. The number of rotatable bonds is 2. The molecule has 0 aromatic heterocycles. The van der Waals surface area contributed by atoms with Crippen LogP contribution in [0.25, 0.3) is 0 Å². The van der Waals surface area contributed by atoms with E-state index in [1.54, 1.807) is 0 Å². The van der Waals surface area contributed by atoms with Crippen molar-refractivity contribution >= 4 is 17.7 Å². The molecule has 1 aliphatic rings.